The minimum atomic E-state index is -2.66. The van der Waals surface area contributed by atoms with Gasteiger partial charge in [-0.15, -0.1) is 0 Å². The zero-order chi connectivity index (χ0) is 10.0. The van der Waals surface area contributed by atoms with Crippen LogP contribution in [0.4, 0.5) is 0 Å². The molecule has 2 aliphatic rings. The fraction of sp³-hybridized carbons (Fsp3) is 1.00. The summed E-state index contributed by atoms with van der Waals surface area (Å²) in [5.74, 6) is 1.43. The van der Waals surface area contributed by atoms with Gasteiger partial charge in [0, 0.05) is 6.04 Å². The van der Waals surface area contributed by atoms with Crippen LogP contribution >= 0.6 is 0 Å². The SMILES string of the molecule is O=S1(=O)CC(NCC2CCNCC2)C1. The zero-order valence-corrected chi connectivity index (χ0v) is 9.15. The summed E-state index contributed by atoms with van der Waals surface area (Å²) in [7, 11) is -2.66. The largest absolute Gasteiger partial charge is 0.317 e. The Bertz CT molecular complexity index is 271. The van der Waals surface area contributed by atoms with Crippen molar-refractivity contribution in [2.45, 2.75) is 18.9 Å². The van der Waals surface area contributed by atoms with Crippen LogP contribution in [0.3, 0.4) is 0 Å². The summed E-state index contributed by atoms with van der Waals surface area (Å²) >= 11 is 0. The molecule has 2 heterocycles. The van der Waals surface area contributed by atoms with Crippen LogP contribution in [0.2, 0.25) is 0 Å². The Morgan fingerprint density at radius 2 is 1.86 bits per heavy atom. The summed E-state index contributed by atoms with van der Waals surface area (Å²) in [5.41, 5.74) is 0. The smallest absolute Gasteiger partial charge is 0.153 e. The Labute approximate surface area is 85.4 Å². The lowest BCUT2D eigenvalue weighted by Gasteiger charge is -2.30. The van der Waals surface area contributed by atoms with Gasteiger partial charge in [-0.3, -0.25) is 0 Å². The van der Waals surface area contributed by atoms with Gasteiger partial charge >= 0.3 is 0 Å². The first kappa shape index (κ1) is 10.4. The van der Waals surface area contributed by atoms with E-state index in [2.05, 4.69) is 10.6 Å². The van der Waals surface area contributed by atoms with Crippen molar-refractivity contribution in [1.82, 2.24) is 10.6 Å². The van der Waals surface area contributed by atoms with E-state index in [1.54, 1.807) is 0 Å². The Morgan fingerprint density at radius 3 is 2.43 bits per heavy atom. The molecule has 0 bridgehead atoms. The average molecular weight is 218 g/mol. The molecule has 4 nitrogen and oxygen atoms in total. The van der Waals surface area contributed by atoms with Crippen LogP contribution in [0, 0.1) is 5.92 Å². The Kier molecular flexibility index (Phi) is 3.09. The Hall–Kier alpha value is -0.130. The average Bonchev–Trinajstić information content (AvgIpc) is 2.13. The number of piperidine rings is 1. The molecule has 82 valence electrons. The summed E-state index contributed by atoms with van der Waals surface area (Å²) < 4.78 is 21.8. The first-order chi connectivity index (χ1) is 6.66. The third kappa shape index (κ3) is 2.68. The molecule has 0 amide bonds. The molecular formula is C9H18N2O2S. The van der Waals surface area contributed by atoms with E-state index in [-0.39, 0.29) is 6.04 Å². The lowest BCUT2D eigenvalue weighted by atomic mass is 9.98. The summed E-state index contributed by atoms with van der Waals surface area (Å²) in [4.78, 5) is 0. The van der Waals surface area contributed by atoms with E-state index < -0.39 is 9.84 Å². The highest BCUT2D eigenvalue weighted by Gasteiger charge is 2.33. The molecule has 14 heavy (non-hydrogen) atoms. The van der Waals surface area contributed by atoms with Crippen molar-refractivity contribution >= 4 is 9.84 Å². The third-order valence-electron chi connectivity index (χ3n) is 3.06. The van der Waals surface area contributed by atoms with Crippen LogP contribution in [-0.4, -0.2) is 45.6 Å². The Morgan fingerprint density at radius 1 is 1.21 bits per heavy atom. The first-order valence-corrected chi connectivity index (χ1v) is 7.12. The molecule has 0 aliphatic carbocycles. The molecule has 2 fully saturated rings. The van der Waals surface area contributed by atoms with Crippen LogP contribution in [0.5, 0.6) is 0 Å². The van der Waals surface area contributed by atoms with E-state index >= 15 is 0 Å². The molecule has 0 aromatic heterocycles. The monoisotopic (exact) mass is 218 g/mol. The van der Waals surface area contributed by atoms with Gasteiger partial charge in [-0.1, -0.05) is 0 Å². The number of hydrogen-bond donors (Lipinski definition) is 2. The molecule has 0 aromatic rings. The van der Waals surface area contributed by atoms with Crippen LogP contribution in [0.15, 0.2) is 0 Å². The molecule has 0 spiro atoms. The lowest BCUT2D eigenvalue weighted by Crippen LogP contribution is -2.52. The molecule has 0 unspecified atom stereocenters. The number of nitrogens with one attached hydrogen (secondary N) is 2. The number of hydrogen-bond acceptors (Lipinski definition) is 4. The Balaban J connectivity index is 1.63. The molecule has 5 heteroatoms. The minimum absolute atomic E-state index is 0.231. The summed E-state index contributed by atoms with van der Waals surface area (Å²) in [6, 6.07) is 0.231. The maximum atomic E-state index is 10.9. The van der Waals surface area contributed by atoms with Crippen molar-refractivity contribution in [3.63, 3.8) is 0 Å². The molecule has 2 N–H and O–H groups in total. The van der Waals surface area contributed by atoms with Gasteiger partial charge in [-0.2, -0.15) is 0 Å². The highest BCUT2D eigenvalue weighted by atomic mass is 32.2. The third-order valence-corrected chi connectivity index (χ3v) is 4.88. The van der Waals surface area contributed by atoms with E-state index in [4.69, 9.17) is 0 Å². The van der Waals surface area contributed by atoms with Gasteiger partial charge in [0.2, 0.25) is 0 Å². The van der Waals surface area contributed by atoms with Crippen molar-refractivity contribution in [2.24, 2.45) is 5.92 Å². The van der Waals surface area contributed by atoms with Gasteiger partial charge in [-0.05, 0) is 38.4 Å². The van der Waals surface area contributed by atoms with Crippen LogP contribution < -0.4 is 10.6 Å². The van der Waals surface area contributed by atoms with Gasteiger partial charge in [0.15, 0.2) is 9.84 Å². The quantitative estimate of drug-likeness (QED) is 0.662. The fourth-order valence-corrected chi connectivity index (χ4v) is 3.47. The first-order valence-electron chi connectivity index (χ1n) is 5.30. The van der Waals surface area contributed by atoms with Gasteiger partial charge in [0.1, 0.15) is 0 Å². The molecule has 2 rings (SSSR count). The van der Waals surface area contributed by atoms with E-state index in [1.165, 1.54) is 12.8 Å². The highest BCUT2D eigenvalue weighted by Crippen LogP contribution is 2.14. The van der Waals surface area contributed by atoms with Crippen molar-refractivity contribution in [2.75, 3.05) is 31.1 Å². The summed E-state index contributed by atoms with van der Waals surface area (Å²) in [6.45, 7) is 3.20. The second-order valence-electron chi connectivity index (χ2n) is 4.38. The predicted octanol–water partition coefficient (Wildman–Crippen LogP) is -0.627. The highest BCUT2D eigenvalue weighted by molar-refractivity contribution is 7.92. The summed E-state index contributed by atoms with van der Waals surface area (Å²) in [5, 5.41) is 6.66. The molecule has 0 saturated carbocycles. The van der Waals surface area contributed by atoms with Gasteiger partial charge in [0.05, 0.1) is 11.5 Å². The van der Waals surface area contributed by atoms with Gasteiger partial charge < -0.3 is 10.6 Å². The normalized spacial score (nSPS) is 28.6. The maximum Gasteiger partial charge on any atom is 0.153 e. The fourth-order valence-electron chi connectivity index (χ4n) is 2.10. The molecular weight excluding hydrogens is 200 g/mol. The second-order valence-corrected chi connectivity index (χ2v) is 6.53. The molecule has 0 atom stereocenters. The van der Waals surface area contributed by atoms with Crippen molar-refractivity contribution in [3.05, 3.63) is 0 Å². The standard InChI is InChI=1S/C9H18N2O2S/c12-14(13)6-9(7-14)11-5-8-1-3-10-4-2-8/h8-11H,1-7H2. The van der Waals surface area contributed by atoms with E-state index in [1.807, 2.05) is 0 Å². The lowest BCUT2D eigenvalue weighted by molar-refractivity contribution is 0.344. The topological polar surface area (TPSA) is 58.2 Å². The predicted molar refractivity (Wildman–Crippen MR) is 56.0 cm³/mol. The van der Waals surface area contributed by atoms with Crippen molar-refractivity contribution in [3.8, 4) is 0 Å². The van der Waals surface area contributed by atoms with Gasteiger partial charge in [0.25, 0.3) is 0 Å². The van der Waals surface area contributed by atoms with E-state index in [9.17, 15) is 8.42 Å². The minimum Gasteiger partial charge on any atom is -0.317 e. The molecule has 0 aromatic carbocycles. The molecule has 2 saturated heterocycles. The van der Waals surface area contributed by atoms with Crippen molar-refractivity contribution < 1.29 is 8.42 Å². The van der Waals surface area contributed by atoms with Gasteiger partial charge in [-0.25, -0.2) is 8.42 Å². The van der Waals surface area contributed by atoms with Crippen LogP contribution in [0.25, 0.3) is 0 Å². The second kappa shape index (κ2) is 4.16. The summed E-state index contributed by atoms with van der Waals surface area (Å²) in [6.07, 6.45) is 2.43. The molecule has 0 radical (unpaired) electrons. The zero-order valence-electron chi connectivity index (χ0n) is 8.33. The van der Waals surface area contributed by atoms with E-state index in [0.717, 1.165) is 25.6 Å². The molecule has 2 aliphatic heterocycles. The number of rotatable bonds is 3. The van der Waals surface area contributed by atoms with Crippen LogP contribution in [-0.2, 0) is 9.84 Å². The van der Waals surface area contributed by atoms with Crippen LogP contribution in [0.1, 0.15) is 12.8 Å². The van der Waals surface area contributed by atoms with Crippen molar-refractivity contribution in [1.29, 1.82) is 0 Å². The van der Waals surface area contributed by atoms with E-state index in [0.29, 0.717) is 11.5 Å². The maximum absolute atomic E-state index is 10.9. The number of sulfone groups is 1.